The Morgan fingerprint density at radius 1 is 1.43 bits per heavy atom. The highest BCUT2D eigenvalue weighted by Crippen LogP contribution is 2.23. The fourth-order valence-electron chi connectivity index (χ4n) is 1.83. The Hall–Kier alpha value is -2.41. The van der Waals surface area contributed by atoms with Gasteiger partial charge in [0.15, 0.2) is 6.61 Å². The van der Waals surface area contributed by atoms with Crippen molar-refractivity contribution in [2.75, 3.05) is 19.7 Å². The first-order valence-corrected chi connectivity index (χ1v) is 7.17. The highest BCUT2D eigenvalue weighted by molar-refractivity contribution is 6.31. The smallest absolute Gasteiger partial charge is 0.345 e. The molecule has 0 radical (unpaired) electrons. The van der Waals surface area contributed by atoms with Crippen molar-refractivity contribution < 1.29 is 19.2 Å². The van der Waals surface area contributed by atoms with E-state index in [1.807, 2.05) is 0 Å². The zero-order valence-corrected chi connectivity index (χ0v) is 13.6. The molecule has 0 aliphatic carbocycles. The molecule has 124 valence electrons. The molecular formula is C15H17ClN2O5. The predicted octanol–water partition coefficient (Wildman–Crippen LogP) is 2.83. The van der Waals surface area contributed by atoms with Crippen LogP contribution in [-0.4, -0.2) is 41.4 Å². The van der Waals surface area contributed by atoms with Gasteiger partial charge in [-0.3, -0.25) is 14.9 Å². The summed E-state index contributed by atoms with van der Waals surface area (Å²) in [6.45, 7) is 7.55. The Bertz CT molecular complexity index is 645. The first kappa shape index (κ1) is 18.6. The van der Waals surface area contributed by atoms with E-state index < -0.39 is 29.1 Å². The van der Waals surface area contributed by atoms with E-state index in [4.69, 9.17) is 16.3 Å². The van der Waals surface area contributed by atoms with Crippen molar-refractivity contribution >= 4 is 29.2 Å². The minimum atomic E-state index is -0.973. The number of rotatable bonds is 7. The van der Waals surface area contributed by atoms with Gasteiger partial charge in [0.05, 0.1) is 4.92 Å². The van der Waals surface area contributed by atoms with Gasteiger partial charge in [-0.1, -0.05) is 23.8 Å². The van der Waals surface area contributed by atoms with Crippen LogP contribution < -0.4 is 0 Å². The SMILES string of the molecule is C=C(C)CN(CC)C(=O)COC(=O)c1cc(Cl)ccc1[N+](=O)[O-]. The summed E-state index contributed by atoms with van der Waals surface area (Å²) >= 11 is 5.74. The van der Waals surface area contributed by atoms with E-state index in [0.29, 0.717) is 13.1 Å². The first-order valence-electron chi connectivity index (χ1n) is 6.79. The summed E-state index contributed by atoms with van der Waals surface area (Å²) in [7, 11) is 0. The maximum Gasteiger partial charge on any atom is 0.345 e. The van der Waals surface area contributed by atoms with Crippen LogP contribution in [-0.2, 0) is 9.53 Å². The summed E-state index contributed by atoms with van der Waals surface area (Å²) < 4.78 is 4.88. The molecule has 0 aromatic heterocycles. The molecule has 8 heteroatoms. The normalized spacial score (nSPS) is 10.0. The molecule has 0 aliphatic heterocycles. The van der Waals surface area contributed by atoms with Crippen molar-refractivity contribution in [2.24, 2.45) is 0 Å². The van der Waals surface area contributed by atoms with E-state index in [-0.39, 0.29) is 10.6 Å². The highest BCUT2D eigenvalue weighted by atomic mass is 35.5. The number of hydrogen-bond acceptors (Lipinski definition) is 5. The Morgan fingerprint density at radius 2 is 2.09 bits per heavy atom. The predicted molar refractivity (Wildman–Crippen MR) is 85.5 cm³/mol. The van der Waals surface area contributed by atoms with Crippen LogP contribution in [0.2, 0.25) is 5.02 Å². The standard InChI is InChI=1S/C15H17ClN2O5/c1-4-17(8-10(2)3)14(19)9-23-15(20)12-7-11(16)5-6-13(12)18(21)22/h5-7H,2,4,8-9H2,1,3H3. The van der Waals surface area contributed by atoms with Crippen molar-refractivity contribution in [1.29, 1.82) is 0 Å². The molecule has 0 spiro atoms. The number of esters is 1. The lowest BCUT2D eigenvalue weighted by Crippen LogP contribution is -2.35. The molecule has 0 saturated carbocycles. The first-order chi connectivity index (χ1) is 10.8. The van der Waals surface area contributed by atoms with Crippen molar-refractivity contribution in [3.63, 3.8) is 0 Å². The fourth-order valence-corrected chi connectivity index (χ4v) is 2.00. The third-order valence-corrected chi connectivity index (χ3v) is 3.13. The summed E-state index contributed by atoms with van der Waals surface area (Å²) in [5.41, 5.74) is 0.0661. The van der Waals surface area contributed by atoms with Gasteiger partial charge in [0.1, 0.15) is 5.56 Å². The summed E-state index contributed by atoms with van der Waals surface area (Å²) in [6, 6.07) is 3.55. The van der Waals surface area contributed by atoms with Crippen molar-refractivity contribution in [2.45, 2.75) is 13.8 Å². The number of likely N-dealkylation sites (N-methyl/N-ethyl adjacent to an activating group) is 1. The van der Waals surface area contributed by atoms with Crippen LogP contribution in [0.25, 0.3) is 0 Å². The van der Waals surface area contributed by atoms with Crippen molar-refractivity contribution in [1.82, 2.24) is 4.90 Å². The summed E-state index contributed by atoms with van der Waals surface area (Å²) in [5.74, 6) is -1.38. The van der Waals surface area contributed by atoms with Gasteiger partial charge in [0, 0.05) is 24.2 Å². The Morgan fingerprint density at radius 3 is 2.61 bits per heavy atom. The molecule has 1 rings (SSSR count). The number of benzene rings is 1. The average molecular weight is 341 g/mol. The molecular weight excluding hydrogens is 324 g/mol. The molecule has 0 fully saturated rings. The van der Waals surface area contributed by atoms with Crippen LogP contribution in [0.5, 0.6) is 0 Å². The Kier molecular flexibility index (Phi) is 6.71. The number of carbonyl (C=O) groups excluding carboxylic acids is 2. The van der Waals surface area contributed by atoms with Gasteiger partial charge in [-0.05, 0) is 26.0 Å². The van der Waals surface area contributed by atoms with Gasteiger partial charge >= 0.3 is 5.97 Å². The molecule has 0 aliphatic rings. The molecule has 1 aromatic rings. The van der Waals surface area contributed by atoms with Crippen LogP contribution in [0, 0.1) is 10.1 Å². The summed E-state index contributed by atoms with van der Waals surface area (Å²) in [6.07, 6.45) is 0. The van der Waals surface area contributed by atoms with Crippen LogP contribution >= 0.6 is 11.6 Å². The molecule has 0 saturated heterocycles. The molecule has 0 atom stereocenters. The van der Waals surface area contributed by atoms with Gasteiger partial charge in [-0.25, -0.2) is 4.79 Å². The van der Waals surface area contributed by atoms with Gasteiger partial charge in [0.2, 0.25) is 0 Å². The van der Waals surface area contributed by atoms with Crippen LogP contribution in [0.3, 0.4) is 0 Å². The molecule has 0 bridgehead atoms. The number of carbonyl (C=O) groups is 2. The maximum atomic E-state index is 12.0. The summed E-state index contributed by atoms with van der Waals surface area (Å²) in [5, 5.41) is 11.1. The maximum absolute atomic E-state index is 12.0. The number of nitro groups is 1. The van der Waals surface area contributed by atoms with E-state index in [1.54, 1.807) is 13.8 Å². The zero-order chi connectivity index (χ0) is 17.6. The quantitative estimate of drug-likeness (QED) is 0.329. The minimum Gasteiger partial charge on any atom is -0.452 e. The fraction of sp³-hybridized carbons (Fsp3) is 0.333. The number of nitrogens with zero attached hydrogens (tertiary/aromatic N) is 2. The summed E-state index contributed by atoms with van der Waals surface area (Å²) in [4.78, 5) is 35.6. The molecule has 0 heterocycles. The van der Waals surface area contributed by atoms with Crippen LogP contribution in [0.1, 0.15) is 24.2 Å². The van der Waals surface area contributed by atoms with E-state index in [2.05, 4.69) is 6.58 Å². The lowest BCUT2D eigenvalue weighted by molar-refractivity contribution is -0.385. The number of amides is 1. The van der Waals surface area contributed by atoms with Gasteiger partial charge in [-0.2, -0.15) is 0 Å². The van der Waals surface area contributed by atoms with E-state index in [0.717, 1.165) is 17.7 Å². The largest absolute Gasteiger partial charge is 0.452 e. The van der Waals surface area contributed by atoms with Gasteiger partial charge < -0.3 is 9.64 Å². The number of hydrogen-bond donors (Lipinski definition) is 0. The molecule has 23 heavy (non-hydrogen) atoms. The second-order valence-electron chi connectivity index (χ2n) is 4.86. The molecule has 0 unspecified atom stereocenters. The van der Waals surface area contributed by atoms with Crippen molar-refractivity contribution in [3.05, 3.63) is 51.1 Å². The third-order valence-electron chi connectivity index (χ3n) is 2.90. The van der Waals surface area contributed by atoms with E-state index >= 15 is 0 Å². The van der Waals surface area contributed by atoms with Crippen LogP contribution in [0.15, 0.2) is 30.4 Å². The van der Waals surface area contributed by atoms with Gasteiger partial charge in [0.25, 0.3) is 11.6 Å². The monoisotopic (exact) mass is 340 g/mol. The lowest BCUT2D eigenvalue weighted by Gasteiger charge is -2.20. The average Bonchev–Trinajstić information content (AvgIpc) is 2.49. The number of nitro benzene ring substituents is 1. The van der Waals surface area contributed by atoms with Crippen LogP contribution in [0.4, 0.5) is 5.69 Å². The third kappa shape index (κ3) is 5.37. The minimum absolute atomic E-state index is 0.159. The zero-order valence-electron chi connectivity index (χ0n) is 12.9. The second kappa shape index (κ2) is 8.28. The Balaban J connectivity index is 2.81. The van der Waals surface area contributed by atoms with E-state index in [1.165, 1.54) is 11.0 Å². The number of ether oxygens (including phenoxy) is 1. The Labute approximate surface area is 138 Å². The molecule has 7 nitrogen and oxygen atoms in total. The van der Waals surface area contributed by atoms with E-state index in [9.17, 15) is 19.7 Å². The highest BCUT2D eigenvalue weighted by Gasteiger charge is 2.23. The molecule has 1 amide bonds. The topological polar surface area (TPSA) is 89.8 Å². The number of halogens is 1. The van der Waals surface area contributed by atoms with Crippen molar-refractivity contribution in [3.8, 4) is 0 Å². The lowest BCUT2D eigenvalue weighted by atomic mass is 10.2. The van der Waals surface area contributed by atoms with Gasteiger partial charge in [-0.15, -0.1) is 0 Å². The second-order valence-corrected chi connectivity index (χ2v) is 5.30. The molecule has 1 aromatic carbocycles. The molecule has 0 N–H and O–H groups in total.